The number of allylic oxidation sites excluding steroid dienone is 1. The summed E-state index contributed by atoms with van der Waals surface area (Å²) in [6, 6.07) is 4.33. The molecule has 0 aromatic heterocycles. The molecule has 1 heterocycles. The van der Waals surface area contributed by atoms with Gasteiger partial charge in [-0.1, -0.05) is 25.1 Å². The van der Waals surface area contributed by atoms with Crippen molar-refractivity contribution in [3.05, 3.63) is 40.5 Å². The lowest BCUT2D eigenvalue weighted by atomic mass is 9.89. The molecule has 1 N–H and O–H groups in total. The molecule has 18 heavy (non-hydrogen) atoms. The monoisotopic (exact) mass is 243 g/mol. The van der Waals surface area contributed by atoms with Gasteiger partial charge in [0, 0.05) is 12.6 Å². The summed E-state index contributed by atoms with van der Waals surface area (Å²) in [5.74, 6) is 0. The molecule has 0 amide bonds. The second-order valence-electron chi connectivity index (χ2n) is 4.93. The van der Waals surface area contributed by atoms with E-state index < -0.39 is 0 Å². The Morgan fingerprint density at radius 3 is 2.61 bits per heavy atom. The van der Waals surface area contributed by atoms with Crippen molar-refractivity contribution in [2.24, 2.45) is 4.99 Å². The molecule has 1 aromatic carbocycles. The average molecular weight is 243 g/mol. The molecule has 0 fully saturated rings. The Hall–Kier alpha value is -1.41. The first-order valence-electron chi connectivity index (χ1n) is 6.60. The standard InChI is InChI=1S/C16H21NO/c1-4-16(18)15-10-12(3)11(2)9-14(15)13-5-7-17-8-6-13/h5,8-10,16,18H,4,6-7H2,1-3H3/t16-/m1/s1. The fraction of sp³-hybridized carbons (Fsp3) is 0.438. The van der Waals surface area contributed by atoms with E-state index in [0.717, 1.165) is 24.9 Å². The van der Waals surface area contributed by atoms with Gasteiger partial charge < -0.3 is 5.11 Å². The minimum Gasteiger partial charge on any atom is -0.388 e. The highest BCUT2D eigenvalue weighted by Crippen LogP contribution is 2.31. The van der Waals surface area contributed by atoms with Gasteiger partial charge in [-0.25, -0.2) is 0 Å². The molecule has 0 aliphatic carbocycles. The first kappa shape index (κ1) is 13.0. The van der Waals surface area contributed by atoms with Crippen molar-refractivity contribution in [2.75, 3.05) is 6.54 Å². The number of aliphatic imine (C=N–C) groups is 1. The van der Waals surface area contributed by atoms with Crippen molar-refractivity contribution < 1.29 is 5.11 Å². The Kier molecular flexibility index (Phi) is 3.97. The third-order valence-electron chi connectivity index (χ3n) is 3.64. The minimum absolute atomic E-state index is 0.376. The number of aryl methyl sites for hydroxylation is 2. The van der Waals surface area contributed by atoms with Crippen molar-refractivity contribution in [2.45, 2.75) is 39.7 Å². The lowest BCUT2D eigenvalue weighted by Crippen LogP contribution is -2.05. The number of benzene rings is 1. The number of aliphatic hydroxyl groups is 1. The molecule has 1 aromatic rings. The first-order chi connectivity index (χ1) is 8.63. The fourth-order valence-corrected chi connectivity index (χ4v) is 2.32. The Balaban J connectivity index is 2.50. The highest BCUT2D eigenvalue weighted by atomic mass is 16.3. The topological polar surface area (TPSA) is 32.6 Å². The molecular formula is C16H21NO. The van der Waals surface area contributed by atoms with Gasteiger partial charge in [0.2, 0.25) is 0 Å². The third kappa shape index (κ3) is 2.54. The van der Waals surface area contributed by atoms with Crippen LogP contribution < -0.4 is 0 Å². The molecule has 2 heteroatoms. The van der Waals surface area contributed by atoms with E-state index in [-0.39, 0.29) is 6.10 Å². The fourth-order valence-electron chi connectivity index (χ4n) is 2.32. The minimum atomic E-state index is -0.376. The van der Waals surface area contributed by atoms with Gasteiger partial charge in [0.05, 0.1) is 12.6 Å². The van der Waals surface area contributed by atoms with E-state index in [1.807, 2.05) is 13.1 Å². The second kappa shape index (κ2) is 5.49. The molecule has 2 rings (SSSR count). The summed E-state index contributed by atoms with van der Waals surface area (Å²) >= 11 is 0. The van der Waals surface area contributed by atoms with Gasteiger partial charge in [-0.05, 0) is 48.1 Å². The Bertz CT molecular complexity index is 500. The van der Waals surface area contributed by atoms with Gasteiger partial charge in [0.25, 0.3) is 0 Å². The van der Waals surface area contributed by atoms with E-state index in [1.165, 1.54) is 22.3 Å². The van der Waals surface area contributed by atoms with Crippen LogP contribution in [0.4, 0.5) is 0 Å². The number of hydrogen-bond acceptors (Lipinski definition) is 2. The molecule has 1 atom stereocenters. The normalized spacial score (nSPS) is 16.6. The van der Waals surface area contributed by atoms with Crippen LogP contribution in [0.25, 0.3) is 5.57 Å². The van der Waals surface area contributed by atoms with Crippen molar-refractivity contribution in [3.63, 3.8) is 0 Å². The molecular weight excluding hydrogens is 222 g/mol. The van der Waals surface area contributed by atoms with E-state index in [0.29, 0.717) is 0 Å². The maximum absolute atomic E-state index is 10.2. The third-order valence-corrected chi connectivity index (χ3v) is 3.64. The van der Waals surface area contributed by atoms with Gasteiger partial charge in [-0.3, -0.25) is 4.99 Å². The molecule has 0 saturated carbocycles. The van der Waals surface area contributed by atoms with Crippen molar-refractivity contribution >= 4 is 11.8 Å². The van der Waals surface area contributed by atoms with Crippen LogP contribution in [0.1, 0.15) is 48.1 Å². The molecule has 2 nitrogen and oxygen atoms in total. The summed E-state index contributed by atoms with van der Waals surface area (Å²) in [5, 5.41) is 10.2. The van der Waals surface area contributed by atoms with E-state index in [4.69, 9.17) is 0 Å². The van der Waals surface area contributed by atoms with Crippen LogP contribution in [0.5, 0.6) is 0 Å². The molecule has 0 unspecified atom stereocenters. The smallest absolute Gasteiger partial charge is 0.0793 e. The summed E-state index contributed by atoms with van der Waals surface area (Å²) < 4.78 is 0. The molecule has 0 bridgehead atoms. The van der Waals surface area contributed by atoms with E-state index in [9.17, 15) is 5.11 Å². The zero-order valence-corrected chi connectivity index (χ0v) is 11.4. The molecule has 96 valence electrons. The number of dihydropyridines is 1. The van der Waals surface area contributed by atoms with Crippen LogP contribution in [0.3, 0.4) is 0 Å². The van der Waals surface area contributed by atoms with Crippen LogP contribution in [0.2, 0.25) is 0 Å². The quantitative estimate of drug-likeness (QED) is 0.864. The average Bonchev–Trinajstić information content (AvgIpc) is 2.41. The van der Waals surface area contributed by atoms with Gasteiger partial charge in [0.1, 0.15) is 0 Å². The van der Waals surface area contributed by atoms with E-state index in [2.05, 4.69) is 37.0 Å². The molecule has 1 aliphatic heterocycles. The zero-order valence-electron chi connectivity index (χ0n) is 11.4. The first-order valence-corrected chi connectivity index (χ1v) is 6.60. The maximum atomic E-state index is 10.2. The van der Waals surface area contributed by atoms with E-state index in [1.54, 1.807) is 0 Å². The van der Waals surface area contributed by atoms with Gasteiger partial charge in [-0.15, -0.1) is 0 Å². The molecule has 0 radical (unpaired) electrons. The highest BCUT2D eigenvalue weighted by Gasteiger charge is 2.15. The highest BCUT2D eigenvalue weighted by molar-refractivity contribution is 5.83. The van der Waals surface area contributed by atoms with Gasteiger partial charge in [-0.2, -0.15) is 0 Å². The summed E-state index contributed by atoms with van der Waals surface area (Å²) in [4.78, 5) is 4.22. The Morgan fingerprint density at radius 1 is 1.28 bits per heavy atom. The lowest BCUT2D eigenvalue weighted by Gasteiger charge is -2.19. The predicted molar refractivity (Wildman–Crippen MR) is 77.1 cm³/mol. The van der Waals surface area contributed by atoms with Crippen molar-refractivity contribution in [1.82, 2.24) is 0 Å². The summed E-state index contributed by atoms with van der Waals surface area (Å²) in [6.45, 7) is 6.99. The van der Waals surface area contributed by atoms with Crippen LogP contribution in [-0.4, -0.2) is 17.9 Å². The molecule has 0 saturated heterocycles. The van der Waals surface area contributed by atoms with Crippen LogP contribution in [0.15, 0.2) is 23.2 Å². The van der Waals surface area contributed by atoms with Crippen LogP contribution in [0, 0.1) is 13.8 Å². The zero-order chi connectivity index (χ0) is 13.1. The van der Waals surface area contributed by atoms with Crippen molar-refractivity contribution in [1.29, 1.82) is 0 Å². The predicted octanol–water partition coefficient (Wildman–Crippen LogP) is 3.60. The number of hydrogen-bond donors (Lipinski definition) is 1. The Labute approximate surface area is 109 Å². The van der Waals surface area contributed by atoms with Gasteiger partial charge >= 0.3 is 0 Å². The number of nitrogens with zero attached hydrogens (tertiary/aromatic N) is 1. The summed E-state index contributed by atoms with van der Waals surface area (Å²) in [7, 11) is 0. The Morgan fingerprint density at radius 2 is 2.00 bits per heavy atom. The van der Waals surface area contributed by atoms with Crippen LogP contribution >= 0.6 is 0 Å². The lowest BCUT2D eigenvalue weighted by molar-refractivity contribution is 0.173. The van der Waals surface area contributed by atoms with E-state index >= 15 is 0 Å². The van der Waals surface area contributed by atoms with Crippen LogP contribution in [-0.2, 0) is 0 Å². The maximum Gasteiger partial charge on any atom is 0.0793 e. The SMILES string of the molecule is CC[C@@H](O)c1cc(C)c(C)cc1C1=CCN=CC1. The summed E-state index contributed by atoms with van der Waals surface area (Å²) in [6.07, 6.45) is 5.37. The number of rotatable bonds is 3. The van der Waals surface area contributed by atoms with Gasteiger partial charge in [0.15, 0.2) is 0 Å². The van der Waals surface area contributed by atoms with Crippen molar-refractivity contribution in [3.8, 4) is 0 Å². The number of aliphatic hydroxyl groups excluding tert-OH is 1. The molecule has 1 aliphatic rings. The summed E-state index contributed by atoms with van der Waals surface area (Å²) in [5.41, 5.74) is 6.06. The second-order valence-corrected chi connectivity index (χ2v) is 4.93. The largest absolute Gasteiger partial charge is 0.388 e. The molecule has 0 spiro atoms.